The van der Waals surface area contributed by atoms with E-state index >= 15 is 0 Å². The molecule has 0 saturated carbocycles. The maximum Gasteiger partial charge on any atom is 0.227 e. The lowest BCUT2D eigenvalue weighted by atomic mass is 10.1. The molecular weight excluding hydrogens is 311 g/mol. The van der Waals surface area contributed by atoms with Crippen LogP contribution in [0.1, 0.15) is 17.4 Å². The fraction of sp³-hybridized carbons (Fsp3) is 0.412. The topological polar surface area (TPSA) is 59.4 Å². The van der Waals surface area contributed by atoms with Gasteiger partial charge in [0.05, 0.1) is 13.5 Å². The first kappa shape index (κ1) is 16.4. The Morgan fingerprint density at radius 3 is 3.04 bits per heavy atom. The number of nitrogens with one attached hydrogen (secondary N) is 1. The van der Waals surface area contributed by atoms with Crippen LogP contribution in [0.3, 0.4) is 0 Å². The summed E-state index contributed by atoms with van der Waals surface area (Å²) in [6, 6.07) is 4.10. The molecule has 1 aliphatic rings. The van der Waals surface area contributed by atoms with Gasteiger partial charge in [0.25, 0.3) is 0 Å². The number of aromatic nitrogens is 2. The van der Waals surface area contributed by atoms with E-state index in [1.54, 1.807) is 12.3 Å². The van der Waals surface area contributed by atoms with Crippen LogP contribution in [0.2, 0.25) is 0 Å². The van der Waals surface area contributed by atoms with Gasteiger partial charge in [-0.05, 0) is 18.2 Å². The molecule has 1 unspecified atom stereocenters. The van der Waals surface area contributed by atoms with Gasteiger partial charge in [0.2, 0.25) is 5.91 Å². The number of benzene rings is 1. The zero-order chi connectivity index (χ0) is 17.1. The molecule has 2 heterocycles. The summed E-state index contributed by atoms with van der Waals surface area (Å²) in [6.45, 7) is 1.97. The average Bonchev–Trinajstić information content (AvgIpc) is 3.01. The van der Waals surface area contributed by atoms with Gasteiger partial charge in [-0.2, -0.15) is 0 Å². The Balaban J connectivity index is 1.82. The highest BCUT2D eigenvalue weighted by molar-refractivity contribution is 5.80. The van der Waals surface area contributed by atoms with Crippen LogP contribution >= 0.6 is 0 Å². The smallest absolute Gasteiger partial charge is 0.227 e. The Hall–Kier alpha value is -2.41. The van der Waals surface area contributed by atoms with Crippen molar-refractivity contribution < 1.29 is 13.9 Å². The van der Waals surface area contributed by atoms with E-state index < -0.39 is 0 Å². The van der Waals surface area contributed by atoms with Crippen LogP contribution in [0.4, 0.5) is 4.39 Å². The zero-order valence-corrected chi connectivity index (χ0v) is 13.8. The molecule has 1 saturated heterocycles. The molecule has 0 aliphatic carbocycles. The second-order valence-electron chi connectivity index (χ2n) is 5.84. The number of rotatable bonds is 4. The van der Waals surface area contributed by atoms with Crippen LogP contribution in [0.5, 0.6) is 5.75 Å². The van der Waals surface area contributed by atoms with E-state index in [2.05, 4.69) is 10.3 Å². The SMILES string of the molecule is COc1ccc(F)cc1CC(=O)N1CCNCC1c1nccn1C. The standard InChI is InChI=1S/C17H21FN4O2/c1-21-7-6-20-17(21)14-11-19-5-8-22(14)16(23)10-12-9-13(18)3-4-15(12)24-2/h3-4,6-7,9,14,19H,5,8,10-11H2,1-2H3. The first-order valence-electron chi connectivity index (χ1n) is 7.90. The third-order valence-electron chi connectivity index (χ3n) is 4.30. The molecule has 24 heavy (non-hydrogen) atoms. The highest BCUT2D eigenvalue weighted by atomic mass is 19.1. The van der Waals surface area contributed by atoms with Crippen molar-refractivity contribution in [3.8, 4) is 5.75 Å². The van der Waals surface area contributed by atoms with E-state index in [1.165, 1.54) is 19.2 Å². The lowest BCUT2D eigenvalue weighted by Gasteiger charge is -2.36. The summed E-state index contributed by atoms with van der Waals surface area (Å²) in [5.41, 5.74) is 0.555. The summed E-state index contributed by atoms with van der Waals surface area (Å²) in [4.78, 5) is 19.0. The molecular formula is C17H21FN4O2. The average molecular weight is 332 g/mol. The van der Waals surface area contributed by atoms with Gasteiger partial charge in [-0.3, -0.25) is 4.79 Å². The Morgan fingerprint density at radius 2 is 2.33 bits per heavy atom. The van der Waals surface area contributed by atoms with Crippen LogP contribution < -0.4 is 10.1 Å². The number of ether oxygens (including phenoxy) is 1. The number of nitrogens with zero attached hydrogens (tertiary/aromatic N) is 3. The Kier molecular flexibility index (Phi) is 4.80. The first-order chi connectivity index (χ1) is 11.6. The van der Waals surface area contributed by atoms with Gasteiger partial charge in [-0.1, -0.05) is 0 Å². The van der Waals surface area contributed by atoms with E-state index in [0.29, 0.717) is 24.4 Å². The third kappa shape index (κ3) is 3.26. The van der Waals surface area contributed by atoms with Crippen LogP contribution in [0.15, 0.2) is 30.6 Å². The largest absolute Gasteiger partial charge is 0.496 e. The van der Waals surface area contributed by atoms with Crippen molar-refractivity contribution in [3.05, 3.63) is 47.8 Å². The van der Waals surface area contributed by atoms with E-state index in [9.17, 15) is 9.18 Å². The quantitative estimate of drug-likeness (QED) is 0.916. The van der Waals surface area contributed by atoms with Crippen LogP contribution in [-0.4, -0.2) is 47.1 Å². The van der Waals surface area contributed by atoms with Gasteiger partial charge < -0.3 is 19.5 Å². The van der Waals surface area contributed by atoms with Crippen LogP contribution in [0, 0.1) is 5.82 Å². The van der Waals surface area contributed by atoms with Crippen molar-refractivity contribution in [3.63, 3.8) is 0 Å². The predicted octanol–water partition coefficient (Wildman–Crippen LogP) is 1.28. The molecule has 1 fully saturated rings. The molecule has 0 radical (unpaired) electrons. The maximum atomic E-state index is 13.5. The fourth-order valence-corrected chi connectivity index (χ4v) is 3.08. The van der Waals surface area contributed by atoms with Gasteiger partial charge in [-0.25, -0.2) is 9.37 Å². The van der Waals surface area contributed by atoms with Gasteiger partial charge >= 0.3 is 0 Å². The summed E-state index contributed by atoms with van der Waals surface area (Å²) in [7, 11) is 3.43. The number of imidazole rings is 1. The van der Waals surface area contributed by atoms with E-state index in [-0.39, 0.29) is 24.2 Å². The second kappa shape index (κ2) is 7.00. The fourth-order valence-electron chi connectivity index (χ4n) is 3.08. The molecule has 1 amide bonds. The molecule has 3 rings (SSSR count). The minimum Gasteiger partial charge on any atom is -0.496 e. The van der Waals surface area contributed by atoms with Crippen molar-refractivity contribution >= 4 is 5.91 Å². The molecule has 1 atom stereocenters. The number of piperazine rings is 1. The molecule has 7 heteroatoms. The molecule has 128 valence electrons. The Morgan fingerprint density at radius 1 is 1.50 bits per heavy atom. The van der Waals surface area contributed by atoms with Crippen LogP contribution in [0.25, 0.3) is 0 Å². The molecule has 1 aromatic heterocycles. The summed E-state index contributed by atoms with van der Waals surface area (Å²) in [6.07, 6.45) is 3.69. The summed E-state index contributed by atoms with van der Waals surface area (Å²) < 4.78 is 20.7. The minimum atomic E-state index is -0.375. The highest BCUT2D eigenvalue weighted by Crippen LogP contribution is 2.24. The minimum absolute atomic E-state index is 0.0617. The molecule has 1 N–H and O–H groups in total. The molecule has 6 nitrogen and oxygen atoms in total. The molecule has 2 aromatic rings. The third-order valence-corrected chi connectivity index (χ3v) is 4.30. The number of carbonyl (C=O) groups is 1. The second-order valence-corrected chi connectivity index (χ2v) is 5.84. The Bertz CT molecular complexity index is 731. The number of halogens is 1. The number of aryl methyl sites for hydroxylation is 1. The molecule has 0 spiro atoms. The summed E-state index contributed by atoms with van der Waals surface area (Å²) >= 11 is 0. The lowest BCUT2D eigenvalue weighted by Crippen LogP contribution is -2.49. The molecule has 0 bridgehead atoms. The molecule has 1 aromatic carbocycles. The van der Waals surface area contributed by atoms with Crippen molar-refractivity contribution in [1.29, 1.82) is 0 Å². The monoisotopic (exact) mass is 332 g/mol. The predicted molar refractivity (Wildman–Crippen MR) is 87.2 cm³/mol. The number of hydrogen-bond acceptors (Lipinski definition) is 4. The number of hydrogen-bond donors (Lipinski definition) is 1. The number of methoxy groups -OCH3 is 1. The lowest BCUT2D eigenvalue weighted by molar-refractivity contribution is -0.134. The summed E-state index contributed by atoms with van der Waals surface area (Å²) in [5.74, 6) is 0.920. The van der Waals surface area contributed by atoms with Crippen molar-refractivity contribution in [1.82, 2.24) is 19.8 Å². The van der Waals surface area contributed by atoms with Gasteiger partial charge in [0, 0.05) is 44.6 Å². The normalized spacial score (nSPS) is 17.8. The van der Waals surface area contributed by atoms with Crippen molar-refractivity contribution in [2.75, 3.05) is 26.7 Å². The number of amides is 1. The maximum absolute atomic E-state index is 13.5. The van der Waals surface area contributed by atoms with Crippen molar-refractivity contribution in [2.45, 2.75) is 12.5 Å². The van der Waals surface area contributed by atoms with Crippen molar-refractivity contribution in [2.24, 2.45) is 7.05 Å². The van der Waals surface area contributed by atoms with E-state index in [4.69, 9.17) is 4.74 Å². The van der Waals surface area contributed by atoms with Gasteiger partial charge in [0.15, 0.2) is 0 Å². The van der Waals surface area contributed by atoms with Gasteiger partial charge in [0.1, 0.15) is 23.4 Å². The van der Waals surface area contributed by atoms with E-state index in [1.807, 2.05) is 22.7 Å². The van der Waals surface area contributed by atoms with Crippen LogP contribution in [-0.2, 0) is 18.3 Å². The number of carbonyl (C=O) groups excluding carboxylic acids is 1. The highest BCUT2D eigenvalue weighted by Gasteiger charge is 2.30. The first-order valence-corrected chi connectivity index (χ1v) is 7.90. The zero-order valence-electron chi connectivity index (χ0n) is 13.8. The Labute approximate surface area is 140 Å². The molecule has 1 aliphatic heterocycles. The van der Waals surface area contributed by atoms with Gasteiger partial charge in [-0.15, -0.1) is 0 Å². The summed E-state index contributed by atoms with van der Waals surface area (Å²) in [5, 5.41) is 3.30. The van der Waals surface area contributed by atoms with E-state index in [0.717, 1.165) is 12.4 Å².